The summed E-state index contributed by atoms with van der Waals surface area (Å²) in [6.45, 7) is 5.59. The average Bonchev–Trinajstić information content (AvgIpc) is 2.72. The maximum absolute atomic E-state index is 12.4. The molecule has 0 aliphatic carbocycles. The Bertz CT molecular complexity index is 940. The van der Waals surface area contributed by atoms with Gasteiger partial charge in [0.05, 0.1) is 24.3 Å². The van der Waals surface area contributed by atoms with Crippen molar-refractivity contribution in [2.75, 3.05) is 25.6 Å². The number of amides is 1. The van der Waals surface area contributed by atoms with Crippen molar-refractivity contribution >= 4 is 34.9 Å². The van der Waals surface area contributed by atoms with Crippen molar-refractivity contribution in [1.82, 2.24) is 0 Å². The fourth-order valence-corrected chi connectivity index (χ4v) is 2.88. The number of carbonyl (C=O) groups is 3. The number of carbonyl (C=O) groups excluding carboxylic acids is 3. The van der Waals surface area contributed by atoms with Gasteiger partial charge in [-0.3, -0.25) is 9.59 Å². The van der Waals surface area contributed by atoms with Crippen molar-refractivity contribution in [3.05, 3.63) is 52.5 Å². The number of benzene rings is 2. The molecular formula is C23H26ClNO6. The minimum atomic E-state index is -0.711. The van der Waals surface area contributed by atoms with Crippen LogP contribution in [0, 0.1) is 5.92 Å². The zero-order chi connectivity index (χ0) is 23.0. The molecule has 0 saturated carbocycles. The average molecular weight is 448 g/mol. The quantitative estimate of drug-likeness (QED) is 0.416. The Morgan fingerprint density at radius 2 is 1.74 bits per heavy atom. The molecule has 0 radical (unpaired) electrons. The van der Waals surface area contributed by atoms with Gasteiger partial charge < -0.3 is 19.5 Å². The molecule has 2 aromatic carbocycles. The molecule has 0 atom stereocenters. The van der Waals surface area contributed by atoms with Gasteiger partial charge in [-0.25, -0.2) is 4.79 Å². The normalized spacial score (nSPS) is 10.5. The van der Waals surface area contributed by atoms with Crippen molar-refractivity contribution in [1.29, 1.82) is 0 Å². The summed E-state index contributed by atoms with van der Waals surface area (Å²) in [5.41, 5.74) is 1.07. The number of halogens is 1. The van der Waals surface area contributed by atoms with Gasteiger partial charge in [-0.2, -0.15) is 0 Å². The first-order valence-electron chi connectivity index (χ1n) is 9.79. The maximum atomic E-state index is 12.4. The van der Waals surface area contributed by atoms with E-state index in [1.807, 2.05) is 0 Å². The number of nitrogens with one attached hydrogen (secondary N) is 1. The number of esters is 1. The number of hydrogen-bond donors (Lipinski definition) is 1. The summed E-state index contributed by atoms with van der Waals surface area (Å²) in [5.74, 6) is -0.164. The standard InChI is InChI=1S/C23H26ClNO6/c1-14(2)9-10-30-22-19(24)11-17(12-21(22)29-4)23(28)31-13-20(27)16-5-7-18(8-6-16)25-15(3)26/h5-8,11-12,14H,9-10,13H2,1-4H3,(H,25,26). The minimum absolute atomic E-state index is 0.145. The lowest BCUT2D eigenvalue weighted by molar-refractivity contribution is -0.114. The lowest BCUT2D eigenvalue weighted by Crippen LogP contribution is -2.15. The highest BCUT2D eigenvalue weighted by molar-refractivity contribution is 6.32. The van der Waals surface area contributed by atoms with Gasteiger partial charge in [-0.05, 0) is 48.7 Å². The summed E-state index contributed by atoms with van der Waals surface area (Å²) < 4.78 is 16.1. The third kappa shape index (κ3) is 7.29. The molecule has 31 heavy (non-hydrogen) atoms. The second-order valence-electron chi connectivity index (χ2n) is 7.28. The third-order valence-corrected chi connectivity index (χ3v) is 4.55. The smallest absolute Gasteiger partial charge is 0.338 e. The number of Topliss-reactive ketones (excluding diaryl/α,β-unsaturated/α-hetero) is 1. The van der Waals surface area contributed by atoms with Crippen LogP contribution in [-0.4, -0.2) is 38.0 Å². The Labute approximate surface area is 186 Å². The van der Waals surface area contributed by atoms with E-state index >= 15 is 0 Å². The van der Waals surface area contributed by atoms with Crippen molar-refractivity contribution in [2.45, 2.75) is 27.2 Å². The fraction of sp³-hybridized carbons (Fsp3) is 0.348. The highest BCUT2D eigenvalue weighted by Gasteiger charge is 2.18. The Hall–Kier alpha value is -3.06. The predicted octanol–water partition coefficient (Wildman–Crippen LogP) is 4.77. The number of hydrogen-bond acceptors (Lipinski definition) is 6. The molecule has 0 saturated heterocycles. The Balaban J connectivity index is 2.02. The number of ether oxygens (including phenoxy) is 3. The van der Waals surface area contributed by atoms with Crippen molar-refractivity contribution in [3.63, 3.8) is 0 Å². The summed E-state index contributed by atoms with van der Waals surface area (Å²) in [7, 11) is 1.45. The number of ketones is 1. The molecule has 8 heteroatoms. The van der Waals surface area contributed by atoms with Crippen LogP contribution in [0.1, 0.15) is 47.9 Å². The topological polar surface area (TPSA) is 90.9 Å². The van der Waals surface area contributed by atoms with E-state index in [1.165, 1.54) is 26.2 Å². The molecule has 1 N–H and O–H groups in total. The van der Waals surface area contributed by atoms with E-state index in [0.717, 1.165) is 6.42 Å². The Morgan fingerprint density at radius 1 is 1.06 bits per heavy atom. The molecule has 166 valence electrons. The third-order valence-electron chi connectivity index (χ3n) is 4.27. The molecule has 0 aliphatic heterocycles. The molecule has 0 unspecified atom stereocenters. The second-order valence-corrected chi connectivity index (χ2v) is 7.69. The van der Waals surface area contributed by atoms with Gasteiger partial charge >= 0.3 is 5.97 Å². The largest absolute Gasteiger partial charge is 0.493 e. The maximum Gasteiger partial charge on any atom is 0.338 e. The summed E-state index contributed by atoms with van der Waals surface area (Å²) in [6.07, 6.45) is 0.844. The molecule has 0 bridgehead atoms. The molecule has 0 aliphatic rings. The number of anilines is 1. The van der Waals surface area contributed by atoms with Crippen LogP contribution >= 0.6 is 11.6 Å². The van der Waals surface area contributed by atoms with E-state index < -0.39 is 12.6 Å². The minimum Gasteiger partial charge on any atom is -0.493 e. The van der Waals surface area contributed by atoms with E-state index in [-0.39, 0.29) is 22.3 Å². The van der Waals surface area contributed by atoms with Gasteiger partial charge in [0.1, 0.15) is 0 Å². The first-order chi connectivity index (χ1) is 14.7. The lowest BCUT2D eigenvalue weighted by Gasteiger charge is -2.14. The molecule has 1 amide bonds. The highest BCUT2D eigenvalue weighted by atomic mass is 35.5. The van der Waals surface area contributed by atoms with Gasteiger partial charge in [0.15, 0.2) is 23.9 Å². The molecule has 0 fully saturated rings. The monoisotopic (exact) mass is 447 g/mol. The van der Waals surface area contributed by atoms with E-state index in [1.54, 1.807) is 24.3 Å². The van der Waals surface area contributed by atoms with Crippen LogP contribution in [0.15, 0.2) is 36.4 Å². The predicted molar refractivity (Wildman–Crippen MR) is 118 cm³/mol. The Kier molecular flexibility index (Phi) is 8.88. The Morgan fingerprint density at radius 3 is 2.32 bits per heavy atom. The molecular weight excluding hydrogens is 422 g/mol. The van der Waals surface area contributed by atoms with Crippen LogP contribution in [0.5, 0.6) is 11.5 Å². The first kappa shape index (κ1) is 24.2. The van der Waals surface area contributed by atoms with Crippen molar-refractivity contribution in [3.8, 4) is 11.5 Å². The van der Waals surface area contributed by atoms with Gasteiger partial charge in [-0.1, -0.05) is 25.4 Å². The lowest BCUT2D eigenvalue weighted by atomic mass is 10.1. The summed E-state index contributed by atoms with van der Waals surface area (Å²) >= 11 is 6.27. The number of methoxy groups -OCH3 is 1. The zero-order valence-corrected chi connectivity index (χ0v) is 18.7. The molecule has 7 nitrogen and oxygen atoms in total. The van der Waals surface area contributed by atoms with E-state index in [4.69, 9.17) is 25.8 Å². The van der Waals surface area contributed by atoms with Gasteiger partial charge in [0, 0.05) is 18.2 Å². The van der Waals surface area contributed by atoms with Crippen LogP contribution in [0.4, 0.5) is 5.69 Å². The second kappa shape index (κ2) is 11.4. The summed E-state index contributed by atoms with van der Waals surface area (Å²) in [5, 5.41) is 2.83. The molecule has 2 rings (SSSR count). The zero-order valence-electron chi connectivity index (χ0n) is 18.0. The number of rotatable bonds is 10. The van der Waals surface area contributed by atoms with Crippen LogP contribution in [0.3, 0.4) is 0 Å². The van der Waals surface area contributed by atoms with Crippen molar-refractivity contribution < 1.29 is 28.6 Å². The van der Waals surface area contributed by atoms with Gasteiger partial charge in [0.2, 0.25) is 5.91 Å². The van der Waals surface area contributed by atoms with Gasteiger partial charge in [0.25, 0.3) is 0 Å². The molecule has 2 aromatic rings. The summed E-state index contributed by atoms with van der Waals surface area (Å²) in [4.78, 5) is 35.8. The van der Waals surface area contributed by atoms with Crippen molar-refractivity contribution in [2.24, 2.45) is 5.92 Å². The van der Waals surface area contributed by atoms with E-state index in [2.05, 4.69) is 19.2 Å². The highest BCUT2D eigenvalue weighted by Crippen LogP contribution is 2.36. The molecule has 0 aromatic heterocycles. The van der Waals surface area contributed by atoms with Crippen LogP contribution < -0.4 is 14.8 Å². The van der Waals surface area contributed by atoms with Gasteiger partial charge in [-0.15, -0.1) is 0 Å². The fourth-order valence-electron chi connectivity index (χ4n) is 2.61. The molecule has 0 heterocycles. The van der Waals surface area contributed by atoms with Crippen LogP contribution in [0.25, 0.3) is 0 Å². The first-order valence-corrected chi connectivity index (χ1v) is 10.2. The summed E-state index contributed by atoms with van der Waals surface area (Å²) in [6, 6.07) is 9.17. The van der Waals surface area contributed by atoms with E-state index in [9.17, 15) is 14.4 Å². The van der Waals surface area contributed by atoms with Crippen LogP contribution in [0.2, 0.25) is 5.02 Å². The molecule has 0 spiro atoms. The van der Waals surface area contributed by atoms with E-state index in [0.29, 0.717) is 35.3 Å². The van der Waals surface area contributed by atoms with Crippen LogP contribution in [-0.2, 0) is 9.53 Å². The SMILES string of the molecule is COc1cc(C(=O)OCC(=O)c2ccc(NC(C)=O)cc2)cc(Cl)c1OCCC(C)C.